The van der Waals surface area contributed by atoms with E-state index in [-0.39, 0.29) is 24.2 Å². The number of hydrogen-bond acceptors (Lipinski definition) is 5. The molecular weight excluding hydrogens is 272 g/mol. The Morgan fingerprint density at radius 1 is 1.38 bits per heavy atom. The highest BCUT2D eigenvalue weighted by Crippen LogP contribution is 2.09. The Balaban J connectivity index is 1.61. The number of esters is 1. The van der Waals surface area contributed by atoms with Gasteiger partial charge in [0.2, 0.25) is 5.91 Å². The first-order valence-corrected chi connectivity index (χ1v) is 6.66. The Kier molecular flexibility index (Phi) is 3.63. The number of amides is 1. The van der Waals surface area contributed by atoms with Crippen LogP contribution in [0.25, 0.3) is 5.69 Å². The number of aromatic nitrogens is 3. The summed E-state index contributed by atoms with van der Waals surface area (Å²) in [6, 6.07) is 9.25. The Bertz CT molecular complexity index is 653. The summed E-state index contributed by atoms with van der Waals surface area (Å²) in [5.74, 6) is -0.551. The first-order valence-electron chi connectivity index (χ1n) is 6.66. The van der Waals surface area contributed by atoms with Crippen LogP contribution in [0.2, 0.25) is 0 Å². The SMILES string of the molecule is O=C1CCC(COC(=O)c2cn(-c3ccccc3)nn2)N1. The second kappa shape index (κ2) is 5.74. The molecule has 2 heterocycles. The average molecular weight is 286 g/mol. The van der Waals surface area contributed by atoms with Gasteiger partial charge in [-0.1, -0.05) is 23.4 Å². The summed E-state index contributed by atoms with van der Waals surface area (Å²) in [7, 11) is 0. The number of nitrogens with one attached hydrogen (secondary N) is 1. The molecule has 1 unspecified atom stereocenters. The van der Waals surface area contributed by atoms with E-state index >= 15 is 0 Å². The van der Waals surface area contributed by atoms with Crippen molar-refractivity contribution in [3.63, 3.8) is 0 Å². The van der Waals surface area contributed by atoms with Crippen LogP contribution in [0.15, 0.2) is 36.5 Å². The maximum absolute atomic E-state index is 11.9. The van der Waals surface area contributed by atoms with Crippen molar-refractivity contribution in [2.24, 2.45) is 0 Å². The molecule has 7 nitrogen and oxygen atoms in total. The lowest BCUT2D eigenvalue weighted by molar-refractivity contribution is -0.119. The third-order valence-corrected chi connectivity index (χ3v) is 3.22. The molecule has 7 heteroatoms. The highest BCUT2D eigenvalue weighted by atomic mass is 16.5. The van der Waals surface area contributed by atoms with E-state index in [0.29, 0.717) is 12.8 Å². The fourth-order valence-corrected chi connectivity index (χ4v) is 2.12. The zero-order valence-electron chi connectivity index (χ0n) is 11.2. The number of carbonyl (C=O) groups excluding carboxylic acids is 2. The first-order chi connectivity index (χ1) is 10.2. The fraction of sp³-hybridized carbons (Fsp3) is 0.286. The number of para-hydroxylation sites is 1. The van der Waals surface area contributed by atoms with Crippen LogP contribution in [-0.2, 0) is 9.53 Å². The van der Waals surface area contributed by atoms with Crippen LogP contribution in [0.3, 0.4) is 0 Å². The molecule has 1 amide bonds. The predicted octanol–water partition coefficient (Wildman–Crippen LogP) is 0.703. The normalized spacial score (nSPS) is 17.5. The minimum absolute atomic E-state index is 0.00827. The Morgan fingerprint density at radius 3 is 2.90 bits per heavy atom. The Morgan fingerprint density at radius 2 is 2.19 bits per heavy atom. The van der Waals surface area contributed by atoms with Crippen LogP contribution < -0.4 is 5.32 Å². The van der Waals surface area contributed by atoms with Crippen LogP contribution in [0, 0.1) is 0 Å². The van der Waals surface area contributed by atoms with Gasteiger partial charge in [-0.25, -0.2) is 9.48 Å². The van der Waals surface area contributed by atoms with Crippen LogP contribution in [0.1, 0.15) is 23.3 Å². The van der Waals surface area contributed by atoms with Gasteiger partial charge < -0.3 is 10.1 Å². The van der Waals surface area contributed by atoms with Gasteiger partial charge in [0.1, 0.15) is 6.61 Å². The van der Waals surface area contributed by atoms with Crippen molar-refractivity contribution >= 4 is 11.9 Å². The van der Waals surface area contributed by atoms with Crippen LogP contribution in [0.4, 0.5) is 0 Å². The lowest BCUT2D eigenvalue weighted by Gasteiger charge is -2.09. The highest BCUT2D eigenvalue weighted by Gasteiger charge is 2.23. The average Bonchev–Trinajstić information content (AvgIpc) is 3.15. The summed E-state index contributed by atoms with van der Waals surface area (Å²) in [5, 5.41) is 10.4. The molecule has 0 spiro atoms. The van der Waals surface area contributed by atoms with E-state index < -0.39 is 5.97 Å². The molecule has 1 fully saturated rings. The van der Waals surface area contributed by atoms with Crippen molar-refractivity contribution in [2.45, 2.75) is 18.9 Å². The van der Waals surface area contributed by atoms with E-state index in [0.717, 1.165) is 5.69 Å². The minimum Gasteiger partial charge on any atom is -0.459 e. The van der Waals surface area contributed by atoms with E-state index in [4.69, 9.17) is 4.74 Å². The van der Waals surface area contributed by atoms with Gasteiger partial charge in [0, 0.05) is 6.42 Å². The van der Waals surface area contributed by atoms with Crippen LogP contribution in [0.5, 0.6) is 0 Å². The molecule has 0 saturated carbocycles. The van der Waals surface area contributed by atoms with Crippen molar-refractivity contribution in [3.05, 3.63) is 42.2 Å². The molecule has 1 saturated heterocycles. The topological polar surface area (TPSA) is 86.1 Å². The van der Waals surface area contributed by atoms with Crippen molar-refractivity contribution in [2.75, 3.05) is 6.61 Å². The van der Waals surface area contributed by atoms with Gasteiger partial charge in [0.15, 0.2) is 5.69 Å². The first kappa shape index (κ1) is 13.3. The molecule has 1 aromatic heterocycles. The van der Waals surface area contributed by atoms with Gasteiger partial charge in [-0.3, -0.25) is 4.79 Å². The molecule has 3 rings (SSSR count). The maximum atomic E-state index is 11.9. The molecule has 1 aromatic carbocycles. The zero-order valence-corrected chi connectivity index (χ0v) is 11.2. The smallest absolute Gasteiger partial charge is 0.360 e. The van der Waals surface area contributed by atoms with Gasteiger partial charge in [-0.2, -0.15) is 0 Å². The summed E-state index contributed by atoms with van der Waals surface area (Å²) in [4.78, 5) is 22.9. The number of ether oxygens (including phenoxy) is 1. The fourth-order valence-electron chi connectivity index (χ4n) is 2.12. The molecule has 1 N–H and O–H groups in total. The molecular formula is C14H14N4O3. The summed E-state index contributed by atoms with van der Waals surface area (Å²) < 4.78 is 6.65. The number of carbonyl (C=O) groups is 2. The number of nitrogens with zero attached hydrogens (tertiary/aromatic N) is 3. The summed E-state index contributed by atoms with van der Waals surface area (Å²) in [6.45, 7) is 0.156. The van der Waals surface area contributed by atoms with E-state index in [1.807, 2.05) is 30.3 Å². The largest absolute Gasteiger partial charge is 0.459 e. The molecule has 1 aliphatic heterocycles. The van der Waals surface area contributed by atoms with E-state index in [9.17, 15) is 9.59 Å². The lowest BCUT2D eigenvalue weighted by atomic mass is 10.2. The zero-order chi connectivity index (χ0) is 14.7. The quantitative estimate of drug-likeness (QED) is 0.836. The van der Waals surface area contributed by atoms with E-state index in [1.165, 1.54) is 10.9 Å². The second-order valence-corrected chi connectivity index (χ2v) is 4.79. The number of hydrogen-bond donors (Lipinski definition) is 1. The second-order valence-electron chi connectivity index (χ2n) is 4.79. The molecule has 2 aromatic rings. The predicted molar refractivity (Wildman–Crippen MR) is 72.8 cm³/mol. The van der Waals surface area contributed by atoms with Gasteiger partial charge in [0.05, 0.1) is 17.9 Å². The molecule has 0 aliphatic carbocycles. The van der Waals surface area contributed by atoms with Crippen molar-refractivity contribution in [3.8, 4) is 5.69 Å². The third kappa shape index (κ3) is 3.07. The van der Waals surface area contributed by atoms with Gasteiger partial charge in [-0.15, -0.1) is 5.10 Å². The van der Waals surface area contributed by atoms with Crippen molar-refractivity contribution in [1.29, 1.82) is 0 Å². The maximum Gasteiger partial charge on any atom is 0.360 e. The molecule has 0 radical (unpaired) electrons. The van der Waals surface area contributed by atoms with Crippen molar-refractivity contribution < 1.29 is 14.3 Å². The molecule has 0 bridgehead atoms. The molecule has 1 atom stereocenters. The number of benzene rings is 1. The lowest BCUT2D eigenvalue weighted by Crippen LogP contribution is -2.30. The minimum atomic E-state index is -0.543. The van der Waals surface area contributed by atoms with Crippen LogP contribution >= 0.6 is 0 Å². The molecule has 108 valence electrons. The Hall–Kier alpha value is -2.70. The highest BCUT2D eigenvalue weighted by molar-refractivity contribution is 5.87. The monoisotopic (exact) mass is 286 g/mol. The summed E-state index contributed by atoms with van der Waals surface area (Å²) in [6.07, 6.45) is 2.68. The molecule has 21 heavy (non-hydrogen) atoms. The van der Waals surface area contributed by atoms with Gasteiger partial charge in [0.25, 0.3) is 0 Å². The van der Waals surface area contributed by atoms with Gasteiger partial charge >= 0.3 is 5.97 Å². The van der Waals surface area contributed by atoms with E-state index in [1.54, 1.807) is 0 Å². The summed E-state index contributed by atoms with van der Waals surface area (Å²) >= 11 is 0. The number of rotatable bonds is 4. The molecule has 1 aliphatic rings. The summed E-state index contributed by atoms with van der Waals surface area (Å²) in [5.41, 5.74) is 0.954. The van der Waals surface area contributed by atoms with E-state index in [2.05, 4.69) is 15.6 Å². The third-order valence-electron chi connectivity index (χ3n) is 3.22. The van der Waals surface area contributed by atoms with Crippen LogP contribution in [-0.4, -0.2) is 39.5 Å². The van der Waals surface area contributed by atoms with Gasteiger partial charge in [-0.05, 0) is 18.6 Å². The standard InChI is InChI=1S/C14H14N4O3/c19-13-7-6-10(15-13)9-21-14(20)12-8-18(17-16-12)11-4-2-1-3-5-11/h1-5,8,10H,6-7,9H2,(H,15,19). The Labute approximate surface area is 120 Å². The van der Waals surface area contributed by atoms with Crippen molar-refractivity contribution in [1.82, 2.24) is 20.3 Å².